The molecule has 8 nitrogen and oxygen atoms in total. The number of carbonyl (C=O) groups excluding carboxylic acids is 1. The first-order chi connectivity index (χ1) is 16.2. The maximum Gasteiger partial charge on any atom is 0.255 e. The summed E-state index contributed by atoms with van der Waals surface area (Å²) in [4.78, 5) is 22.8. The normalized spacial score (nSPS) is 21.6. The van der Waals surface area contributed by atoms with Crippen molar-refractivity contribution in [2.75, 3.05) is 51.4 Å². The molecule has 1 amide bonds. The molecule has 1 saturated heterocycles. The number of aliphatic imine (C=N–C) groups is 1. The molecule has 2 aromatic carbocycles. The quantitative estimate of drug-likeness (QED) is 0.706. The van der Waals surface area contributed by atoms with Crippen molar-refractivity contribution in [3.8, 4) is 11.5 Å². The van der Waals surface area contributed by atoms with Crippen LogP contribution in [-0.4, -0.2) is 66.9 Å². The fourth-order valence-corrected chi connectivity index (χ4v) is 5.49. The Kier molecular flexibility index (Phi) is 5.45. The van der Waals surface area contributed by atoms with E-state index in [4.69, 9.17) is 14.5 Å². The van der Waals surface area contributed by atoms with Gasteiger partial charge in [0.1, 0.15) is 0 Å². The molecule has 1 unspecified atom stereocenters. The number of ether oxygens (including phenoxy) is 2. The number of piperazine rings is 1. The number of para-hydroxylation sites is 1. The van der Waals surface area contributed by atoms with Gasteiger partial charge in [0.15, 0.2) is 16.7 Å². The van der Waals surface area contributed by atoms with E-state index in [2.05, 4.69) is 31.9 Å². The van der Waals surface area contributed by atoms with Gasteiger partial charge in [0.05, 0.1) is 12.6 Å². The van der Waals surface area contributed by atoms with Crippen LogP contribution in [0.1, 0.15) is 22.0 Å². The van der Waals surface area contributed by atoms with Gasteiger partial charge in [-0.25, -0.2) is 0 Å². The molecule has 0 bridgehead atoms. The molecule has 2 N–H and O–H groups in total. The van der Waals surface area contributed by atoms with Crippen LogP contribution in [0.4, 0.5) is 5.69 Å². The number of carbonyl (C=O) groups is 1. The molecule has 1 atom stereocenters. The van der Waals surface area contributed by atoms with Gasteiger partial charge in [-0.05, 0) is 29.7 Å². The lowest BCUT2D eigenvalue weighted by Gasteiger charge is -2.29. The molecule has 6 rings (SSSR count). The number of hydrogen-bond donors (Lipinski definition) is 2. The van der Waals surface area contributed by atoms with Gasteiger partial charge in [0.2, 0.25) is 6.79 Å². The number of benzene rings is 2. The summed E-state index contributed by atoms with van der Waals surface area (Å²) in [7, 11) is 0. The molecule has 2 aromatic rings. The number of hydrogen-bond acceptors (Lipinski definition) is 8. The second-order valence-corrected chi connectivity index (χ2v) is 9.24. The van der Waals surface area contributed by atoms with Crippen LogP contribution in [0.15, 0.2) is 58.6 Å². The van der Waals surface area contributed by atoms with Gasteiger partial charge in [-0.15, -0.1) is 0 Å². The number of amides is 1. The summed E-state index contributed by atoms with van der Waals surface area (Å²) in [5.41, 5.74) is 3.65. The molecular formula is C24H25N5O3S. The molecule has 0 radical (unpaired) electrons. The van der Waals surface area contributed by atoms with E-state index in [0.29, 0.717) is 17.1 Å². The highest BCUT2D eigenvalue weighted by atomic mass is 32.2. The Morgan fingerprint density at radius 3 is 2.91 bits per heavy atom. The Hall–Kier alpha value is -3.01. The fourth-order valence-electron chi connectivity index (χ4n) is 4.54. The molecule has 9 heteroatoms. The maximum absolute atomic E-state index is 13.0. The van der Waals surface area contributed by atoms with Gasteiger partial charge < -0.3 is 25.0 Å². The van der Waals surface area contributed by atoms with Crippen molar-refractivity contribution in [2.45, 2.75) is 6.04 Å². The first-order valence-electron chi connectivity index (χ1n) is 11.2. The summed E-state index contributed by atoms with van der Waals surface area (Å²) in [6.45, 7) is 6.15. The van der Waals surface area contributed by atoms with E-state index in [1.807, 2.05) is 18.2 Å². The van der Waals surface area contributed by atoms with Crippen molar-refractivity contribution < 1.29 is 14.3 Å². The van der Waals surface area contributed by atoms with E-state index in [1.165, 1.54) is 5.70 Å². The molecule has 170 valence electrons. The standard InChI is InChI=1S/C24H25N5O3S/c30-23(16-5-6-21-22(11-16)32-15-31-21)26-19-4-2-1-3-18(19)20-13-29-17(14-33-24(29)27-20)12-28-9-7-25-8-10-28/h1-6,11,14,20,25H,7-10,12-13,15H2,(H,26,30). The third-order valence-electron chi connectivity index (χ3n) is 6.30. The summed E-state index contributed by atoms with van der Waals surface area (Å²) in [5.74, 6) is 1.08. The smallest absolute Gasteiger partial charge is 0.255 e. The predicted molar refractivity (Wildman–Crippen MR) is 129 cm³/mol. The van der Waals surface area contributed by atoms with Crippen molar-refractivity contribution >= 4 is 28.5 Å². The summed E-state index contributed by atoms with van der Waals surface area (Å²) in [5, 5.41) is 9.76. The maximum atomic E-state index is 13.0. The Morgan fingerprint density at radius 2 is 2.00 bits per heavy atom. The van der Waals surface area contributed by atoms with Crippen molar-refractivity contribution in [3.63, 3.8) is 0 Å². The summed E-state index contributed by atoms with van der Waals surface area (Å²) < 4.78 is 10.8. The minimum Gasteiger partial charge on any atom is -0.454 e. The molecular weight excluding hydrogens is 438 g/mol. The van der Waals surface area contributed by atoms with Crippen LogP contribution in [0.2, 0.25) is 0 Å². The van der Waals surface area contributed by atoms with Gasteiger partial charge >= 0.3 is 0 Å². The Bertz CT molecular complexity index is 1140. The van der Waals surface area contributed by atoms with Gasteiger partial charge in [-0.3, -0.25) is 14.7 Å². The highest BCUT2D eigenvalue weighted by Gasteiger charge is 2.34. The molecule has 0 aromatic heterocycles. The lowest BCUT2D eigenvalue weighted by atomic mass is 10.0. The average Bonchev–Trinajstić information content (AvgIpc) is 3.57. The molecule has 0 aliphatic carbocycles. The first-order valence-corrected chi connectivity index (χ1v) is 12.1. The van der Waals surface area contributed by atoms with Crippen molar-refractivity contribution in [1.82, 2.24) is 15.1 Å². The number of nitrogens with one attached hydrogen (secondary N) is 2. The lowest BCUT2D eigenvalue weighted by molar-refractivity contribution is 0.102. The van der Waals surface area contributed by atoms with Crippen LogP contribution in [-0.2, 0) is 0 Å². The van der Waals surface area contributed by atoms with E-state index in [1.54, 1.807) is 30.0 Å². The monoisotopic (exact) mass is 463 g/mol. The minimum atomic E-state index is -0.180. The van der Waals surface area contributed by atoms with Crippen molar-refractivity contribution in [1.29, 1.82) is 0 Å². The van der Waals surface area contributed by atoms with Crippen LogP contribution in [0.5, 0.6) is 11.5 Å². The van der Waals surface area contributed by atoms with Gasteiger partial charge in [0.25, 0.3) is 5.91 Å². The lowest BCUT2D eigenvalue weighted by Crippen LogP contribution is -2.45. The molecule has 33 heavy (non-hydrogen) atoms. The third-order valence-corrected chi connectivity index (χ3v) is 7.22. The average molecular weight is 464 g/mol. The number of anilines is 1. The third kappa shape index (κ3) is 4.07. The first kappa shape index (κ1) is 20.6. The Balaban J connectivity index is 1.17. The Labute approximate surface area is 196 Å². The topological polar surface area (TPSA) is 78.4 Å². The van der Waals surface area contributed by atoms with Gasteiger partial charge in [-0.2, -0.15) is 0 Å². The van der Waals surface area contributed by atoms with Crippen LogP contribution in [0, 0.1) is 0 Å². The highest BCUT2D eigenvalue weighted by molar-refractivity contribution is 8.16. The minimum absolute atomic E-state index is 0.0209. The van der Waals surface area contributed by atoms with E-state index < -0.39 is 0 Å². The predicted octanol–water partition coefficient (Wildman–Crippen LogP) is 2.87. The second kappa shape index (κ2) is 8.74. The van der Waals surface area contributed by atoms with Gasteiger partial charge in [0, 0.05) is 55.2 Å². The molecule has 4 aliphatic rings. The number of rotatable bonds is 5. The van der Waals surface area contributed by atoms with Crippen LogP contribution in [0.3, 0.4) is 0 Å². The zero-order chi connectivity index (χ0) is 22.2. The van der Waals surface area contributed by atoms with E-state index >= 15 is 0 Å². The number of thioether (sulfide) groups is 1. The van der Waals surface area contributed by atoms with E-state index in [0.717, 1.165) is 55.7 Å². The van der Waals surface area contributed by atoms with Crippen LogP contribution >= 0.6 is 11.8 Å². The van der Waals surface area contributed by atoms with E-state index in [-0.39, 0.29) is 18.7 Å². The van der Waals surface area contributed by atoms with Crippen LogP contribution < -0.4 is 20.1 Å². The van der Waals surface area contributed by atoms with Crippen molar-refractivity contribution in [2.24, 2.45) is 4.99 Å². The zero-order valence-electron chi connectivity index (χ0n) is 18.1. The molecule has 0 spiro atoms. The largest absolute Gasteiger partial charge is 0.454 e. The fraction of sp³-hybridized carbons (Fsp3) is 0.333. The zero-order valence-corrected chi connectivity index (χ0v) is 18.9. The molecule has 4 heterocycles. The number of fused-ring (bicyclic) bond motifs is 2. The molecule has 4 aliphatic heterocycles. The highest BCUT2D eigenvalue weighted by Crippen LogP contribution is 2.39. The number of amidine groups is 1. The number of nitrogens with zero attached hydrogens (tertiary/aromatic N) is 3. The van der Waals surface area contributed by atoms with Crippen LogP contribution in [0.25, 0.3) is 0 Å². The summed E-state index contributed by atoms with van der Waals surface area (Å²) in [6, 6.07) is 13.1. The molecule has 1 fully saturated rings. The van der Waals surface area contributed by atoms with Gasteiger partial charge in [-0.1, -0.05) is 30.0 Å². The summed E-state index contributed by atoms with van der Waals surface area (Å²) in [6.07, 6.45) is 0. The molecule has 0 saturated carbocycles. The second-order valence-electron chi connectivity index (χ2n) is 8.40. The van der Waals surface area contributed by atoms with E-state index in [9.17, 15) is 4.79 Å². The summed E-state index contributed by atoms with van der Waals surface area (Å²) >= 11 is 1.69. The SMILES string of the molecule is O=C(Nc1ccccc1C1CN2C(CN3CCNCC3)=CSC2=N1)c1ccc2c(c1)OCO2. The van der Waals surface area contributed by atoms with Crippen molar-refractivity contribution in [3.05, 3.63) is 64.7 Å². The Morgan fingerprint density at radius 1 is 1.15 bits per heavy atom.